The molecule has 0 spiro atoms. The van der Waals surface area contributed by atoms with E-state index in [0.29, 0.717) is 11.8 Å². The largest absolute Gasteiger partial charge is 0.378 e. The summed E-state index contributed by atoms with van der Waals surface area (Å²) in [4.78, 5) is 14.1. The highest BCUT2D eigenvalue weighted by Gasteiger charge is 2.28. The number of aromatic nitrogens is 4. The zero-order chi connectivity index (χ0) is 19.6. The van der Waals surface area contributed by atoms with Gasteiger partial charge in [-0.2, -0.15) is 0 Å². The van der Waals surface area contributed by atoms with Crippen LogP contribution in [0.25, 0.3) is 10.9 Å². The van der Waals surface area contributed by atoms with Crippen LogP contribution in [0.1, 0.15) is 30.7 Å². The monoisotopic (exact) mass is 410 g/mol. The average Bonchev–Trinajstić information content (AvgIpc) is 3.33. The number of piperidine rings is 1. The second-order valence-electron chi connectivity index (χ2n) is 7.91. The fourth-order valence-corrected chi connectivity index (χ4v) is 5.20. The lowest BCUT2D eigenvalue weighted by atomic mass is 9.87. The van der Waals surface area contributed by atoms with E-state index >= 15 is 0 Å². The maximum atomic E-state index is 5.48. The van der Waals surface area contributed by atoms with Crippen molar-refractivity contribution in [1.29, 1.82) is 0 Å². The summed E-state index contributed by atoms with van der Waals surface area (Å²) in [5.41, 5.74) is 4.06. The number of nitrogens with zero attached hydrogens (tertiary/aromatic N) is 6. The number of hydrogen-bond acceptors (Lipinski definition) is 8. The minimum absolute atomic E-state index is 0.423. The van der Waals surface area contributed by atoms with Crippen molar-refractivity contribution in [3.05, 3.63) is 35.0 Å². The highest BCUT2D eigenvalue weighted by atomic mass is 32.1. The van der Waals surface area contributed by atoms with E-state index in [9.17, 15) is 0 Å². The van der Waals surface area contributed by atoms with Gasteiger partial charge in [0.2, 0.25) is 0 Å². The van der Waals surface area contributed by atoms with Gasteiger partial charge >= 0.3 is 0 Å². The first-order chi connectivity index (χ1) is 14.3. The molecule has 0 radical (unpaired) electrons. The molecule has 8 heteroatoms. The maximum Gasteiger partial charge on any atom is 0.139 e. The summed E-state index contributed by atoms with van der Waals surface area (Å²) < 4.78 is 5.48. The number of fused-ring (bicyclic) bond motifs is 1. The Balaban J connectivity index is 1.40. The normalized spacial score (nSPS) is 21.5. The Labute approximate surface area is 174 Å². The Kier molecular flexibility index (Phi) is 5.28. The Morgan fingerprint density at radius 3 is 2.86 bits per heavy atom. The van der Waals surface area contributed by atoms with E-state index in [4.69, 9.17) is 4.74 Å². The number of anilines is 2. The second kappa shape index (κ2) is 8.20. The lowest BCUT2D eigenvalue weighted by Crippen LogP contribution is -2.38. The topological polar surface area (TPSA) is 67.3 Å². The van der Waals surface area contributed by atoms with Crippen LogP contribution in [-0.4, -0.2) is 59.6 Å². The van der Waals surface area contributed by atoms with Crippen molar-refractivity contribution in [3.8, 4) is 0 Å². The van der Waals surface area contributed by atoms with E-state index in [1.165, 1.54) is 18.5 Å². The number of benzene rings is 1. The third-order valence-electron chi connectivity index (χ3n) is 6.21. The van der Waals surface area contributed by atoms with Gasteiger partial charge in [0.05, 0.1) is 18.7 Å². The molecule has 2 aromatic heterocycles. The van der Waals surface area contributed by atoms with Gasteiger partial charge in [0.1, 0.15) is 22.7 Å². The van der Waals surface area contributed by atoms with Crippen LogP contribution >= 0.6 is 11.3 Å². The van der Waals surface area contributed by atoms with Crippen molar-refractivity contribution in [2.45, 2.75) is 25.7 Å². The molecule has 0 aliphatic carbocycles. The van der Waals surface area contributed by atoms with Gasteiger partial charge in [-0.3, -0.25) is 0 Å². The fourth-order valence-electron chi connectivity index (χ4n) is 4.49. The quantitative estimate of drug-likeness (QED) is 0.653. The van der Waals surface area contributed by atoms with E-state index in [1.54, 1.807) is 17.7 Å². The third kappa shape index (κ3) is 3.79. The van der Waals surface area contributed by atoms with Crippen LogP contribution in [0.4, 0.5) is 11.5 Å². The molecule has 0 amide bonds. The molecule has 5 rings (SSSR count). The van der Waals surface area contributed by atoms with Crippen molar-refractivity contribution in [3.63, 3.8) is 0 Å². The van der Waals surface area contributed by atoms with Gasteiger partial charge in [-0.05, 0) is 37.0 Å². The molecule has 2 saturated heterocycles. The smallest absolute Gasteiger partial charge is 0.139 e. The molecule has 4 heterocycles. The van der Waals surface area contributed by atoms with Crippen molar-refractivity contribution in [2.75, 3.05) is 49.2 Å². The molecule has 2 atom stereocenters. The summed E-state index contributed by atoms with van der Waals surface area (Å²) in [5, 5.41) is 10.6. The summed E-state index contributed by atoms with van der Waals surface area (Å²) in [6, 6.07) is 6.58. The summed E-state index contributed by atoms with van der Waals surface area (Å²) in [7, 11) is 0. The van der Waals surface area contributed by atoms with E-state index in [1.807, 2.05) is 5.51 Å². The van der Waals surface area contributed by atoms with Gasteiger partial charge in [-0.1, -0.05) is 6.92 Å². The zero-order valence-corrected chi connectivity index (χ0v) is 17.5. The average molecular weight is 411 g/mol. The van der Waals surface area contributed by atoms with Gasteiger partial charge in [0, 0.05) is 43.2 Å². The van der Waals surface area contributed by atoms with E-state index in [-0.39, 0.29) is 0 Å². The van der Waals surface area contributed by atoms with Crippen LogP contribution in [0, 0.1) is 5.92 Å². The molecule has 2 aliphatic rings. The molecular formula is C21H26N6OS. The van der Waals surface area contributed by atoms with Crippen LogP contribution in [0.2, 0.25) is 0 Å². The molecule has 0 N–H and O–H groups in total. The van der Waals surface area contributed by atoms with Crippen LogP contribution in [0.3, 0.4) is 0 Å². The highest BCUT2D eigenvalue weighted by molar-refractivity contribution is 7.09. The lowest BCUT2D eigenvalue weighted by Gasteiger charge is -2.36. The van der Waals surface area contributed by atoms with E-state index in [0.717, 1.165) is 61.1 Å². The Hall–Kier alpha value is -2.32. The first-order valence-electron chi connectivity index (χ1n) is 10.4. The van der Waals surface area contributed by atoms with Gasteiger partial charge in [-0.15, -0.1) is 21.5 Å². The number of hydrogen-bond donors (Lipinski definition) is 0. The zero-order valence-electron chi connectivity index (χ0n) is 16.7. The van der Waals surface area contributed by atoms with Crippen molar-refractivity contribution < 1.29 is 4.74 Å². The number of rotatable bonds is 4. The highest BCUT2D eigenvalue weighted by Crippen LogP contribution is 2.35. The molecule has 152 valence electrons. The molecule has 2 aliphatic heterocycles. The predicted molar refractivity (Wildman–Crippen MR) is 116 cm³/mol. The Bertz CT molecular complexity index is 959. The molecule has 3 aromatic rings. The fraction of sp³-hybridized carbons (Fsp3) is 0.524. The van der Waals surface area contributed by atoms with Crippen LogP contribution in [0.5, 0.6) is 0 Å². The van der Waals surface area contributed by atoms with Gasteiger partial charge in [0.25, 0.3) is 0 Å². The van der Waals surface area contributed by atoms with Crippen molar-refractivity contribution in [1.82, 2.24) is 20.2 Å². The van der Waals surface area contributed by atoms with Crippen LogP contribution < -0.4 is 9.80 Å². The summed E-state index contributed by atoms with van der Waals surface area (Å²) in [6.07, 6.45) is 4.10. The molecule has 2 fully saturated rings. The van der Waals surface area contributed by atoms with Gasteiger partial charge in [0.15, 0.2) is 0 Å². The van der Waals surface area contributed by atoms with Crippen LogP contribution in [-0.2, 0) is 4.74 Å². The molecular weight excluding hydrogens is 384 g/mol. The molecule has 0 bridgehead atoms. The van der Waals surface area contributed by atoms with Crippen molar-refractivity contribution >= 4 is 33.7 Å². The van der Waals surface area contributed by atoms with Gasteiger partial charge < -0.3 is 14.5 Å². The molecule has 1 aromatic carbocycles. The van der Waals surface area contributed by atoms with E-state index < -0.39 is 0 Å². The first-order valence-corrected chi connectivity index (χ1v) is 11.3. The Morgan fingerprint density at radius 2 is 2.03 bits per heavy atom. The lowest BCUT2D eigenvalue weighted by molar-refractivity contribution is 0.122. The number of morpholine rings is 1. The SMILES string of the molecule is C[C@H](c1nncs1)C1CCCN(c2ncnc3cc(N4CCOCC4)ccc23)C1. The van der Waals surface area contributed by atoms with Crippen molar-refractivity contribution in [2.24, 2.45) is 5.92 Å². The standard InChI is InChI=1S/C21H26N6OS/c1-15(21-25-24-14-29-21)16-3-2-6-27(12-16)20-18-5-4-17(11-19(18)22-13-23-20)26-7-9-28-10-8-26/h4-5,11,13-16H,2-3,6-10,12H2,1H3/t15-,16?/m0/s1. The second-order valence-corrected chi connectivity index (χ2v) is 8.78. The summed E-state index contributed by atoms with van der Waals surface area (Å²) in [6.45, 7) is 7.75. The van der Waals surface area contributed by atoms with Gasteiger partial charge in [-0.25, -0.2) is 9.97 Å². The minimum Gasteiger partial charge on any atom is -0.378 e. The summed E-state index contributed by atoms with van der Waals surface area (Å²) >= 11 is 1.66. The molecule has 1 unspecified atom stereocenters. The third-order valence-corrected chi connectivity index (χ3v) is 7.10. The summed E-state index contributed by atoms with van der Waals surface area (Å²) in [5.74, 6) is 2.04. The van der Waals surface area contributed by atoms with Crippen LogP contribution in [0.15, 0.2) is 30.0 Å². The maximum absolute atomic E-state index is 5.48. The van der Waals surface area contributed by atoms with E-state index in [2.05, 4.69) is 55.1 Å². The molecule has 7 nitrogen and oxygen atoms in total. The molecule has 29 heavy (non-hydrogen) atoms. The predicted octanol–water partition coefficient (Wildman–Crippen LogP) is 3.34. The minimum atomic E-state index is 0.423. The Morgan fingerprint density at radius 1 is 1.14 bits per heavy atom. The number of ether oxygens (including phenoxy) is 1. The molecule has 0 saturated carbocycles. The first kappa shape index (κ1) is 18.7.